The van der Waals surface area contributed by atoms with Crippen LogP contribution in [0, 0.1) is 0 Å². The Morgan fingerprint density at radius 3 is 1.85 bits per heavy atom. The molecule has 0 saturated carbocycles. The molecule has 2 fully saturated rings. The van der Waals surface area contributed by atoms with Crippen LogP contribution < -0.4 is 10.2 Å². The molecule has 0 spiro atoms. The number of aliphatic hydroxyl groups excluding tert-OH is 6. The number of carboxylic acids is 2. The fraction of sp³-hybridized carbons (Fsp3) is 0.895. The molecule has 0 radical (unpaired) electrons. The van der Waals surface area contributed by atoms with Crippen LogP contribution in [0.2, 0.25) is 0 Å². The first kappa shape index (κ1) is 28.7. The maximum Gasteiger partial charge on any atom is 0.187 e. The molecule has 198 valence electrons. The van der Waals surface area contributed by atoms with Gasteiger partial charge in [0.25, 0.3) is 0 Å². The lowest BCUT2D eigenvalue weighted by molar-refractivity contribution is -0.416. The van der Waals surface area contributed by atoms with Crippen molar-refractivity contribution in [1.29, 1.82) is 0 Å². The van der Waals surface area contributed by atoms with Gasteiger partial charge in [-0.3, -0.25) is 0 Å². The SMILES string of the molecule is CC1(COCC(=O)[O-])OC(OC2(C)C(O)C(O)C(O)OC2(C)COCC(=O)[O-])C(O)C(O)C1O. The lowest BCUT2D eigenvalue weighted by Gasteiger charge is -2.56. The highest BCUT2D eigenvalue weighted by molar-refractivity contribution is 5.65. The van der Waals surface area contributed by atoms with E-state index in [0.29, 0.717) is 0 Å². The number of carbonyl (C=O) groups excluding carboxylic acids is 2. The second-order valence-corrected chi connectivity index (χ2v) is 8.85. The summed E-state index contributed by atoms with van der Waals surface area (Å²) in [5, 5.41) is 83.4. The quantitative estimate of drug-likeness (QED) is 0.164. The first-order valence-electron chi connectivity index (χ1n) is 10.2. The van der Waals surface area contributed by atoms with Gasteiger partial charge in [-0.15, -0.1) is 0 Å². The van der Waals surface area contributed by atoms with E-state index < -0.39 is 98.3 Å². The summed E-state index contributed by atoms with van der Waals surface area (Å²) in [7, 11) is 0. The number of rotatable bonds is 10. The van der Waals surface area contributed by atoms with Gasteiger partial charge in [0.2, 0.25) is 0 Å². The van der Waals surface area contributed by atoms with Crippen molar-refractivity contribution in [3.05, 3.63) is 0 Å². The highest BCUT2D eigenvalue weighted by Crippen LogP contribution is 2.43. The lowest BCUT2D eigenvalue weighted by Crippen LogP contribution is -2.75. The Kier molecular flexibility index (Phi) is 8.99. The van der Waals surface area contributed by atoms with E-state index in [2.05, 4.69) is 0 Å². The second kappa shape index (κ2) is 10.6. The molecule has 0 amide bonds. The van der Waals surface area contributed by atoms with Crippen molar-refractivity contribution in [2.24, 2.45) is 0 Å². The van der Waals surface area contributed by atoms with Crippen molar-refractivity contribution >= 4 is 11.9 Å². The molecule has 0 aliphatic carbocycles. The van der Waals surface area contributed by atoms with Crippen LogP contribution in [0.5, 0.6) is 0 Å². The number of carbonyl (C=O) groups is 2. The third-order valence-corrected chi connectivity index (χ3v) is 6.14. The molecule has 0 aromatic carbocycles. The van der Waals surface area contributed by atoms with Crippen molar-refractivity contribution < 1.29 is 74.1 Å². The Labute approximate surface area is 194 Å². The average molecular weight is 498 g/mol. The average Bonchev–Trinajstić information content (AvgIpc) is 2.73. The minimum absolute atomic E-state index is 0.588. The zero-order valence-electron chi connectivity index (χ0n) is 18.7. The maximum absolute atomic E-state index is 10.7. The molecule has 10 unspecified atom stereocenters. The Morgan fingerprint density at radius 1 is 0.794 bits per heavy atom. The monoisotopic (exact) mass is 498 g/mol. The summed E-state index contributed by atoms with van der Waals surface area (Å²) in [6.07, 6.45) is -13.2. The molecule has 2 saturated heterocycles. The Hall–Kier alpha value is -1.50. The predicted octanol–water partition coefficient (Wildman–Crippen LogP) is -6.68. The van der Waals surface area contributed by atoms with E-state index in [1.807, 2.05) is 0 Å². The van der Waals surface area contributed by atoms with E-state index in [1.54, 1.807) is 0 Å². The highest BCUT2D eigenvalue weighted by Gasteiger charge is 2.63. The molecule has 6 N–H and O–H groups in total. The maximum atomic E-state index is 10.7. The van der Waals surface area contributed by atoms with E-state index in [1.165, 1.54) is 20.8 Å². The zero-order valence-corrected chi connectivity index (χ0v) is 18.7. The Balaban J connectivity index is 2.33. The van der Waals surface area contributed by atoms with E-state index in [0.717, 1.165) is 0 Å². The van der Waals surface area contributed by atoms with E-state index >= 15 is 0 Å². The third-order valence-electron chi connectivity index (χ3n) is 6.14. The van der Waals surface area contributed by atoms with Crippen LogP contribution in [0.3, 0.4) is 0 Å². The fourth-order valence-corrected chi connectivity index (χ4v) is 3.85. The minimum atomic E-state index is -2.09. The van der Waals surface area contributed by atoms with E-state index in [9.17, 15) is 50.4 Å². The first-order chi connectivity index (χ1) is 15.6. The van der Waals surface area contributed by atoms with E-state index in [-0.39, 0.29) is 0 Å². The third kappa shape index (κ3) is 5.66. The van der Waals surface area contributed by atoms with Gasteiger partial charge in [0.15, 0.2) is 12.6 Å². The van der Waals surface area contributed by atoms with Gasteiger partial charge in [0, 0.05) is 0 Å². The van der Waals surface area contributed by atoms with Gasteiger partial charge >= 0.3 is 0 Å². The summed E-state index contributed by atoms with van der Waals surface area (Å²) < 4.78 is 26.6. The normalized spacial score (nSPS) is 45.1. The summed E-state index contributed by atoms with van der Waals surface area (Å²) >= 11 is 0. The Morgan fingerprint density at radius 2 is 1.32 bits per heavy atom. The molecule has 2 rings (SSSR count). The molecule has 34 heavy (non-hydrogen) atoms. The lowest BCUT2D eigenvalue weighted by atomic mass is 9.76. The molecule has 10 atom stereocenters. The number of aliphatic carboxylic acids is 2. The summed E-state index contributed by atoms with van der Waals surface area (Å²) in [6, 6.07) is 0. The molecule has 2 aliphatic heterocycles. The van der Waals surface area contributed by atoms with Crippen molar-refractivity contribution in [3.8, 4) is 0 Å². The number of hydrogen-bond donors (Lipinski definition) is 6. The summed E-state index contributed by atoms with van der Waals surface area (Å²) in [5.74, 6) is -3.13. The summed E-state index contributed by atoms with van der Waals surface area (Å²) in [5.41, 5.74) is -5.78. The van der Waals surface area contributed by atoms with Gasteiger partial charge in [-0.25, -0.2) is 0 Å². The molecule has 2 aliphatic rings. The van der Waals surface area contributed by atoms with E-state index in [4.69, 9.17) is 23.7 Å². The van der Waals surface area contributed by atoms with Crippen LogP contribution in [0.15, 0.2) is 0 Å². The predicted molar refractivity (Wildman–Crippen MR) is 100.0 cm³/mol. The van der Waals surface area contributed by atoms with Crippen molar-refractivity contribution in [2.45, 2.75) is 80.7 Å². The molecule has 0 bridgehead atoms. The summed E-state index contributed by atoms with van der Waals surface area (Å²) in [4.78, 5) is 21.3. The number of hydrogen-bond acceptors (Lipinski definition) is 15. The van der Waals surface area contributed by atoms with Gasteiger partial charge in [0.05, 0.1) is 38.4 Å². The van der Waals surface area contributed by atoms with Gasteiger partial charge in [-0.2, -0.15) is 0 Å². The van der Waals surface area contributed by atoms with Crippen LogP contribution in [0.25, 0.3) is 0 Å². The number of carboxylic acid groups (broad SMARTS) is 2. The highest BCUT2D eigenvalue weighted by atomic mass is 16.7. The molecule has 15 heteroatoms. The van der Waals surface area contributed by atoms with Crippen LogP contribution in [-0.2, 0) is 33.3 Å². The van der Waals surface area contributed by atoms with Crippen molar-refractivity contribution in [1.82, 2.24) is 0 Å². The Bertz CT molecular complexity index is 734. The summed E-state index contributed by atoms with van der Waals surface area (Å²) in [6.45, 7) is 0.724. The second-order valence-electron chi connectivity index (χ2n) is 8.85. The van der Waals surface area contributed by atoms with Crippen molar-refractivity contribution in [3.63, 3.8) is 0 Å². The standard InChI is InChI=1S/C19H32O15/c1-17(6-30-4-8(20)21)13(27)10(24)11(25)16(33-17)34-19(3)14(28)12(26)15(29)32-18(19,2)7-31-5-9(22)23/h10-16,24-29H,4-7H2,1-3H3,(H,20,21)(H,22,23)/p-2. The van der Waals surface area contributed by atoms with Crippen molar-refractivity contribution in [2.75, 3.05) is 26.4 Å². The van der Waals surface area contributed by atoms with Gasteiger partial charge in [-0.05, 0) is 20.8 Å². The molecular weight excluding hydrogens is 468 g/mol. The number of ether oxygens (including phenoxy) is 5. The zero-order chi connectivity index (χ0) is 26.1. The molecule has 0 aromatic rings. The van der Waals surface area contributed by atoms with Crippen LogP contribution in [-0.4, -0.2) is 129 Å². The van der Waals surface area contributed by atoms with Crippen LogP contribution in [0.4, 0.5) is 0 Å². The molecule has 2 heterocycles. The largest absolute Gasteiger partial charge is 0.548 e. The molecule has 15 nitrogen and oxygen atoms in total. The van der Waals surface area contributed by atoms with Gasteiger partial charge < -0.3 is 74.1 Å². The van der Waals surface area contributed by atoms with Gasteiger partial charge in [-0.1, -0.05) is 0 Å². The smallest absolute Gasteiger partial charge is 0.187 e. The van der Waals surface area contributed by atoms with Gasteiger partial charge in [0.1, 0.15) is 47.3 Å². The van der Waals surface area contributed by atoms with Crippen LogP contribution >= 0.6 is 0 Å². The first-order valence-corrected chi connectivity index (χ1v) is 10.2. The molecule has 0 aromatic heterocycles. The topological polar surface area (TPSA) is 248 Å². The number of aliphatic hydroxyl groups is 6. The fourth-order valence-electron chi connectivity index (χ4n) is 3.85. The minimum Gasteiger partial charge on any atom is -0.548 e. The van der Waals surface area contributed by atoms with Crippen LogP contribution in [0.1, 0.15) is 20.8 Å². The molecular formula is C19H30O15-2.